The minimum Gasteiger partial charge on any atom is -0.366 e. The van der Waals surface area contributed by atoms with Gasteiger partial charge >= 0.3 is 0 Å². The first kappa shape index (κ1) is 22.8. The van der Waals surface area contributed by atoms with E-state index in [9.17, 15) is 13.2 Å². The molecular weight excluding hydrogens is 436 g/mol. The van der Waals surface area contributed by atoms with Gasteiger partial charge in [-0.3, -0.25) is 9.10 Å². The third-order valence-electron chi connectivity index (χ3n) is 5.77. The molecule has 0 spiro atoms. The number of aromatic nitrogens is 1. The molecule has 3 aromatic rings. The fourth-order valence-corrected chi connectivity index (χ4v) is 5.42. The molecular formula is C25H28N4O3S. The van der Waals surface area contributed by atoms with Crippen molar-refractivity contribution in [2.45, 2.75) is 37.8 Å². The topological polar surface area (TPSA) is 82.6 Å². The molecule has 1 N–H and O–H groups in total. The lowest BCUT2D eigenvalue weighted by molar-refractivity contribution is -0.128. The number of pyridine rings is 1. The van der Waals surface area contributed by atoms with Crippen LogP contribution in [0.15, 0.2) is 77.8 Å². The number of carbonyl (C=O) groups excluding carboxylic acids is 1. The highest BCUT2D eigenvalue weighted by atomic mass is 32.2. The SMILES string of the molecule is CCN(c1ccccc1)S(=O)(=O)c1ccc(NCc2ccccc2CN2CCCC2=O)nc1. The van der Waals surface area contributed by atoms with E-state index in [-0.39, 0.29) is 10.8 Å². The molecule has 33 heavy (non-hydrogen) atoms. The molecule has 0 atom stereocenters. The molecule has 1 saturated heterocycles. The van der Waals surface area contributed by atoms with Crippen molar-refractivity contribution in [3.8, 4) is 0 Å². The highest BCUT2D eigenvalue weighted by molar-refractivity contribution is 7.92. The molecule has 1 amide bonds. The number of anilines is 2. The maximum Gasteiger partial charge on any atom is 0.265 e. The number of carbonyl (C=O) groups is 1. The van der Waals surface area contributed by atoms with Gasteiger partial charge in [0.1, 0.15) is 10.7 Å². The van der Waals surface area contributed by atoms with Gasteiger partial charge in [-0.25, -0.2) is 13.4 Å². The van der Waals surface area contributed by atoms with Gasteiger partial charge in [-0.1, -0.05) is 42.5 Å². The normalized spacial score (nSPS) is 13.8. The summed E-state index contributed by atoms with van der Waals surface area (Å²) in [6.07, 6.45) is 2.93. The van der Waals surface area contributed by atoms with Gasteiger partial charge in [0.25, 0.3) is 10.0 Å². The van der Waals surface area contributed by atoms with Crippen LogP contribution in [-0.4, -0.2) is 37.3 Å². The number of likely N-dealkylation sites (tertiary alicyclic amines) is 1. The number of hydrogen-bond acceptors (Lipinski definition) is 5. The molecule has 0 aliphatic carbocycles. The van der Waals surface area contributed by atoms with E-state index in [4.69, 9.17) is 0 Å². The third kappa shape index (κ3) is 5.17. The zero-order valence-corrected chi connectivity index (χ0v) is 19.5. The molecule has 7 nitrogen and oxygen atoms in total. The molecule has 0 radical (unpaired) electrons. The van der Waals surface area contributed by atoms with E-state index in [1.807, 2.05) is 47.4 Å². The van der Waals surface area contributed by atoms with Gasteiger partial charge in [-0.15, -0.1) is 0 Å². The fraction of sp³-hybridized carbons (Fsp3) is 0.280. The minimum absolute atomic E-state index is 0.145. The van der Waals surface area contributed by atoms with E-state index in [0.717, 1.165) is 24.1 Å². The maximum absolute atomic E-state index is 13.1. The Bertz CT molecular complexity index is 1200. The Morgan fingerprint density at radius 1 is 1.00 bits per heavy atom. The van der Waals surface area contributed by atoms with Crippen molar-refractivity contribution in [3.05, 3.63) is 84.1 Å². The van der Waals surface area contributed by atoms with Crippen molar-refractivity contribution in [1.82, 2.24) is 9.88 Å². The van der Waals surface area contributed by atoms with Crippen LogP contribution >= 0.6 is 0 Å². The van der Waals surface area contributed by atoms with Crippen LogP contribution in [-0.2, 0) is 27.9 Å². The summed E-state index contributed by atoms with van der Waals surface area (Å²) in [6, 6.07) is 20.3. The summed E-state index contributed by atoms with van der Waals surface area (Å²) in [5.74, 6) is 0.789. The Hall–Kier alpha value is -3.39. The van der Waals surface area contributed by atoms with Crippen LogP contribution in [0.2, 0.25) is 0 Å². The van der Waals surface area contributed by atoms with Crippen molar-refractivity contribution >= 4 is 27.4 Å². The average molecular weight is 465 g/mol. The summed E-state index contributed by atoms with van der Waals surface area (Å²) in [4.78, 5) is 18.4. The average Bonchev–Trinajstić information content (AvgIpc) is 3.24. The summed E-state index contributed by atoms with van der Waals surface area (Å²) in [7, 11) is -3.71. The lowest BCUT2D eigenvalue weighted by Gasteiger charge is -2.22. The van der Waals surface area contributed by atoms with Crippen molar-refractivity contribution in [3.63, 3.8) is 0 Å². The number of amides is 1. The first-order valence-corrected chi connectivity index (χ1v) is 12.6. The molecule has 1 fully saturated rings. The Balaban J connectivity index is 1.45. The molecule has 2 aromatic carbocycles. The van der Waals surface area contributed by atoms with Crippen LogP contribution in [0.3, 0.4) is 0 Å². The van der Waals surface area contributed by atoms with Crippen molar-refractivity contribution in [2.75, 3.05) is 22.7 Å². The molecule has 2 heterocycles. The maximum atomic E-state index is 13.1. The Morgan fingerprint density at radius 3 is 2.36 bits per heavy atom. The predicted molar refractivity (Wildman–Crippen MR) is 129 cm³/mol. The van der Waals surface area contributed by atoms with Gasteiger partial charge in [0.2, 0.25) is 5.91 Å². The van der Waals surface area contributed by atoms with Crippen molar-refractivity contribution in [1.29, 1.82) is 0 Å². The highest BCUT2D eigenvalue weighted by Crippen LogP contribution is 2.24. The second-order valence-corrected chi connectivity index (χ2v) is 9.79. The van der Waals surface area contributed by atoms with Crippen molar-refractivity contribution in [2.24, 2.45) is 0 Å². The van der Waals surface area contributed by atoms with Crippen LogP contribution < -0.4 is 9.62 Å². The predicted octanol–water partition coefficient (Wildman–Crippen LogP) is 4.03. The number of benzene rings is 2. The van der Waals surface area contributed by atoms with Gasteiger partial charge in [0.05, 0.1) is 5.69 Å². The van der Waals surface area contributed by atoms with Gasteiger partial charge in [0, 0.05) is 38.8 Å². The molecule has 0 bridgehead atoms. The lowest BCUT2D eigenvalue weighted by Crippen LogP contribution is -2.30. The standard InChI is InChI=1S/C25H28N4O3S/c1-2-29(22-11-4-3-5-12-22)33(31,32)23-14-15-24(27-18-23)26-17-20-9-6-7-10-21(20)19-28-16-8-13-25(28)30/h3-7,9-12,14-15,18H,2,8,13,16-17,19H2,1H3,(H,26,27). The van der Waals surface area contributed by atoms with Crippen molar-refractivity contribution < 1.29 is 13.2 Å². The first-order chi connectivity index (χ1) is 16.0. The zero-order valence-electron chi connectivity index (χ0n) is 18.6. The number of nitrogens with zero attached hydrogens (tertiary/aromatic N) is 3. The summed E-state index contributed by atoms with van der Waals surface area (Å²) in [6.45, 7) is 4.07. The monoisotopic (exact) mass is 464 g/mol. The smallest absolute Gasteiger partial charge is 0.265 e. The van der Waals surface area contributed by atoms with E-state index in [1.54, 1.807) is 31.2 Å². The number of rotatable bonds is 9. The van der Waals surface area contributed by atoms with Crippen LogP contribution in [0, 0.1) is 0 Å². The molecule has 1 aliphatic rings. The molecule has 1 aromatic heterocycles. The number of para-hydroxylation sites is 1. The number of nitrogens with one attached hydrogen (secondary N) is 1. The van der Waals surface area contributed by atoms with Crippen LogP contribution in [0.4, 0.5) is 11.5 Å². The Morgan fingerprint density at radius 2 is 1.73 bits per heavy atom. The van der Waals surface area contributed by atoms with Crippen LogP contribution in [0.1, 0.15) is 30.9 Å². The summed E-state index contributed by atoms with van der Waals surface area (Å²) in [5.41, 5.74) is 2.80. The third-order valence-corrected chi connectivity index (χ3v) is 7.65. The molecule has 8 heteroatoms. The van der Waals surface area contributed by atoms with E-state index in [0.29, 0.717) is 37.6 Å². The zero-order chi connectivity index (χ0) is 23.3. The Labute approximate surface area is 195 Å². The summed E-state index contributed by atoms with van der Waals surface area (Å²) >= 11 is 0. The largest absolute Gasteiger partial charge is 0.366 e. The number of sulfonamides is 1. The van der Waals surface area contributed by atoms with Gasteiger partial charge in [0.15, 0.2) is 0 Å². The number of hydrogen-bond donors (Lipinski definition) is 1. The van der Waals surface area contributed by atoms with Gasteiger partial charge in [-0.2, -0.15) is 0 Å². The quantitative estimate of drug-likeness (QED) is 0.517. The molecule has 1 aliphatic heterocycles. The summed E-state index contributed by atoms with van der Waals surface area (Å²) in [5, 5.41) is 3.27. The van der Waals surface area contributed by atoms with Crippen LogP contribution in [0.25, 0.3) is 0 Å². The van der Waals surface area contributed by atoms with E-state index in [2.05, 4.69) is 10.3 Å². The van der Waals surface area contributed by atoms with E-state index >= 15 is 0 Å². The molecule has 0 saturated carbocycles. The minimum atomic E-state index is -3.71. The molecule has 172 valence electrons. The van der Waals surface area contributed by atoms with E-state index in [1.165, 1.54) is 10.5 Å². The van der Waals surface area contributed by atoms with Gasteiger partial charge in [-0.05, 0) is 48.7 Å². The van der Waals surface area contributed by atoms with E-state index < -0.39 is 10.0 Å². The first-order valence-electron chi connectivity index (χ1n) is 11.1. The second kappa shape index (κ2) is 10.0. The summed E-state index contributed by atoms with van der Waals surface area (Å²) < 4.78 is 27.6. The molecule has 0 unspecified atom stereocenters. The highest BCUT2D eigenvalue weighted by Gasteiger charge is 2.24. The Kier molecular flexibility index (Phi) is 6.93. The second-order valence-electron chi connectivity index (χ2n) is 7.93. The fourth-order valence-electron chi connectivity index (χ4n) is 4.00. The van der Waals surface area contributed by atoms with Crippen LogP contribution in [0.5, 0.6) is 0 Å². The molecule has 4 rings (SSSR count). The van der Waals surface area contributed by atoms with Gasteiger partial charge < -0.3 is 10.2 Å². The lowest BCUT2D eigenvalue weighted by atomic mass is 10.1.